The summed E-state index contributed by atoms with van der Waals surface area (Å²) in [5, 5.41) is 1.30. The first kappa shape index (κ1) is 20.6. The van der Waals surface area contributed by atoms with Gasteiger partial charge in [0.25, 0.3) is 5.91 Å². The third kappa shape index (κ3) is 5.45. The summed E-state index contributed by atoms with van der Waals surface area (Å²) in [5.41, 5.74) is 0.573. The summed E-state index contributed by atoms with van der Waals surface area (Å²) >= 11 is 7.07. The van der Waals surface area contributed by atoms with Gasteiger partial charge in [-0.2, -0.15) is 0 Å². The minimum atomic E-state index is -0.522. The lowest BCUT2D eigenvalue weighted by Gasteiger charge is -2.30. The summed E-state index contributed by atoms with van der Waals surface area (Å²) in [6.07, 6.45) is 1.98. The van der Waals surface area contributed by atoms with Crippen molar-refractivity contribution in [3.63, 3.8) is 0 Å². The Kier molecular flexibility index (Phi) is 6.91. The number of benzene rings is 1. The van der Waals surface area contributed by atoms with Crippen molar-refractivity contribution in [2.45, 2.75) is 33.3 Å². The SMILES string of the molecule is Cc1nc(COc2ccc(Cl)cc2)sc1C(=O)OCC(=O)N1CCC(C)CC1. The van der Waals surface area contributed by atoms with E-state index in [1.807, 2.05) is 0 Å². The van der Waals surface area contributed by atoms with Crippen molar-refractivity contribution < 1.29 is 19.1 Å². The predicted octanol–water partition coefficient (Wildman–Crippen LogP) is 4.10. The summed E-state index contributed by atoms with van der Waals surface area (Å²) in [5.74, 6) is 0.642. The smallest absolute Gasteiger partial charge is 0.350 e. The Hall–Kier alpha value is -2.12. The fourth-order valence-electron chi connectivity index (χ4n) is 2.92. The van der Waals surface area contributed by atoms with Gasteiger partial charge in [-0.3, -0.25) is 4.79 Å². The van der Waals surface area contributed by atoms with Gasteiger partial charge in [0.2, 0.25) is 0 Å². The molecule has 0 aliphatic carbocycles. The molecule has 1 aromatic carbocycles. The zero-order valence-corrected chi connectivity index (χ0v) is 17.5. The number of hydrogen-bond donors (Lipinski definition) is 0. The highest BCUT2D eigenvalue weighted by molar-refractivity contribution is 7.13. The molecule has 2 aromatic rings. The number of piperidine rings is 1. The van der Waals surface area contributed by atoms with E-state index in [4.69, 9.17) is 21.1 Å². The first-order valence-electron chi connectivity index (χ1n) is 9.22. The summed E-state index contributed by atoms with van der Waals surface area (Å²) in [7, 11) is 0. The second-order valence-electron chi connectivity index (χ2n) is 6.90. The fourth-order valence-corrected chi connectivity index (χ4v) is 3.92. The molecule has 1 aliphatic heterocycles. The number of thiazole rings is 1. The van der Waals surface area contributed by atoms with Crippen LogP contribution in [0.1, 0.15) is 40.1 Å². The highest BCUT2D eigenvalue weighted by Crippen LogP contribution is 2.22. The first-order chi connectivity index (χ1) is 13.4. The number of likely N-dealkylation sites (tertiary alicyclic amines) is 1. The van der Waals surface area contributed by atoms with Gasteiger partial charge in [-0.1, -0.05) is 18.5 Å². The maximum Gasteiger partial charge on any atom is 0.350 e. The number of aromatic nitrogens is 1. The lowest BCUT2D eigenvalue weighted by atomic mass is 9.99. The molecule has 0 saturated carbocycles. The van der Waals surface area contributed by atoms with Crippen LogP contribution in [-0.2, 0) is 16.1 Å². The van der Waals surface area contributed by atoms with Gasteiger partial charge in [0, 0.05) is 18.1 Å². The van der Waals surface area contributed by atoms with Crippen molar-refractivity contribution in [1.82, 2.24) is 9.88 Å². The van der Waals surface area contributed by atoms with Crippen molar-refractivity contribution >= 4 is 34.8 Å². The van der Waals surface area contributed by atoms with Crippen LogP contribution in [0.5, 0.6) is 5.75 Å². The maximum atomic E-state index is 12.4. The number of aryl methyl sites for hydroxylation is 1. The minimum absolute atomic E-state index is 0.145. The van der Waals surface area contributed by atoms with E-state index in [9.17, 15) is 9.59 Å². The van der Waals surface area contributed by atoms with Crippen molar-refractivity contribution in [2.24, 2.45) is 5.92 Å². The molecule has 0 radical (unpaired) electrons. The van der Waals surface area contributed by atoms with Crippen LogP contribution in [0.4, 0.5) is 0 Å². The molecule has 150 valence electrons. The number of rotatable bonds is 6. The van der Waals surface area contributed by atoms with Crippen LogP contribution in [0.2, 0.25) is 5.02 Å². The van der Waals surface area contributed by atoms with Gasteiger partial charge in [0.15, 0.2) is 6.61 Å². The Morgan fingerprint density at radius 1 is 1.25 bits per heavy atom. The predicted molar refractivity (Wildman–Crippen MR) is 108 cm³/mol. The van der Waals surface area contributed by atoms with Crippen LogP contribution in [0.15, 0.2) is 24.3 Å². The van der Waals surface area contributed by atoms with E-state index in [0.29, 0.717) is 32.3 Å². The molecule has 6 nitrogen and oxygen atoms in total. The van der Waals surface area contributed by atoms with E-state index in [2.05, 4.69) is 11.9 Å². The molecule has 2 heterocycles. The number of esters is 1. The quantitative estimate of drug-likeness (QED) is 0.655. The number of carbonyl (C=O) groups is 2. The fraction of sp³-hybridized carbons (Fsp3) is 0.450. The molecular formula is C20H23ClN2O4S. The standard InChI is InChI=1S/C20H23ClN2O4S/c1-13-7-9-23(10-8-13)18(24)12-27-20(25)19-14(2)22-17(28-19)11-26-16-5-3-15(21)4-6-16/h3-6,13H,7-12H2,1-2H3. The normalized spacial score (nSPS) is 14.8. The molecule has 1 amide bonds. The molecule has 0 N–H and O–H groups in total. The highest BCUT2D eigenvalue weighted by atomic mass is 35.5. The summed E-state index contributed by atoms with van der Waals surface area (Å²) in [4.78, 5) is 31.1. The summed E-state index contributed by atoms with van der Waals surface area (Å²) in [6, 6.07) is 7.02. The van der Waals surface area contributed by atoms with Crippen molar-refractivity contribution in [2.75, 3.05) is 19.7 Å². The summed E-state index contributed by atoms with van der Waals surface area (Å²) < 4.78 is 10.9. The molecule has 1 aromatic heterocycles. The van der Waals surface area contributed by atoms with E-state index < -0.39 is 5.97 Å². The molecule has 0 unspecified atom stereocenters. The van der Waals surface area contributed by atoms with Crippen LogP contribution < -0.4 is 4.74 Å². The monoisotopic (exact) mass is 422 g/mol. The second-order valence-corrected chi connectivity index (χ2v) is 8.42. The molecule has 1 fully saturated rings. The lowest BCUT2D eigenvalue weighted by Crippen LogP contribution is -2.40. The Labute approximate surface area is 173 Å². The maximum absolute atomic E-state index is 12.4. The van der Waals surface area contributed by atoms with E-state index >= 15 is 0 Å². The topological polar surface area (TPSA) is 68.7 Å². The zero-order valence-electron chi connectivity index (χ0n) is 15.9. The van der Waals surface area contributed by atoms with Gasteiger partial charge in [0.05, 0.1) is 5.69 Å². The Bertz CT molecular complexity index is 829. The molecule has 0 bridgehead atoms. The zero-order chi connectivity index (χ0) is 20.1. The first-order valence-corrected chi connectivity index (χ1v) is 10.4. The number of nitrogens with zero attached hydrogens (tertiary/aromatic N) is 2. The highest BCUT2D eigenvalue weighted by Gasteiger charge is 2.23. The van der Waals surface area contributed by atoms with Gasteiger partial charge < -0.3 is 14.4 Å². The molecule has 0 atom stereocenters. The third-order valence-electron chi connectivity index (χ3n) is 4.67. The summed E-state index contributed by atoms with van der Waals surface area (Å²) in [6.45, 7) is 5.38. The van der Waals surface area contributed by atoms with Gasteiger partial charge in [-0.25, -0.2) is 9.78 Å². The minimum Gasteiger partial charge on any atom is -0.486 e. The average molecular weight is 423 g/mol. The van der Waals surface area contributed by atoms with Crippen LogP contribution in [0, 0.1) is 12.8 Å². The molecule has 3 rings (SSSR count). The number of ether oxygens (including phenoxy) is 2. The van der Waals surface area contributed by atoms with Crippen molar-refractivity contribution in [3.05, 3.63) is 44.9 Å². The van der Waals surface area contributed by atoms with Crippen LogP contribution in [-0.4, -0.2) is 41.5 Å². The number of carbonyl (C=O) groups excluding carboxylic acids is 2. The van der Waals surface area contributed by atoms with Gasteiger partial charge in [-0.15, -0.1) is 11.3 Å². The number of amides is 1. The van der Waals surface area contributed by atoms with E-state index in [1.165, 1.54) is 11.3 Å². The van der Waals surface area contributed by atoms with E-state index in [-0.39, 0.29) is 19.1 Å². The molecule has 28 heavy (non-hydrogen) atoms. The molecular weight excluding hydrogens is 400 g/mol. The number of hydrogen-bond acceptors (Lipinski definition) is 6. The molecule has 1 aliphatic rings. The number of halogens is 1. The molecule has 1 saturated heterocycles. The van der Waals surface area contributed by atoms with E-state index in [1.54, 1.807) is 36.1 Å². The van der Waals surface area contributed by atoms with Crippen LogP contribution >= 0.6 is 22.9 Å². The lowest BCUT2D eigenvalue weighted by molar-refractivity contribution is -0.135. The van der Waals surface area contributed by atoms with Crippen molar-refractivity contribution in [3.8, 4) is 5.75 Å². The van der Waals surface area contributed by atoms with Crippen LogP contribution in [0.25, 0.3) is 0 Å². The Balaban J connectivity index is 1.51. The molecule has 0 spiro atoms. The van der Waals surface area contributed by atoms with Crippen molar-refractivity contribution in [1.29, 1.82) is 0 Å². The van der Waals surface area contributed by atoms with Gasteiger partial charge in [-0.05, 0) is 49.9 Å². The van der Waals surface area contributed by atoms with Gasteiger partial charge in [0.1, 0.15) is 22.2 Å². The molecule has 8 heteroatoms. The van der Waals surface area contributed by atoms with Gasteiger partial charge >= 0.3 is 5.97 Å². The Morgan fingerprint density at radius 2 is 1.93 bits per heavy atom. The van der Waals surface area contributed by atoms with E-state index in [0.717, 1.165) is 25.9 Å². The second kappa shape index (κ2) is 9.39. The largest absolute Gasteiger partial charge is 0.486 e. The van der Waals surface area contributed by atoms with Crippen LogP contribution in [0.3, 0.4) is 0 Å². The average Bonchev–Trinajstić information content (AvgIpc) is 3.06. The third-order valence-corrected chi connectivity index (χ3v) is 6.03. The Morgan fingerprint density at radius 3 is 2.61 bits per heavy atom.